The maximum absolute atomic E-state index is 5.90. The molecule has 1 fully saturated rings. The molecule has 0 bridgehead atoms. The van der Waals surface area contributed by atoms with E-state index in [-0.39, 0.29) is 18.3 Å². The molecule has 1 aliphatic rings. The minimum Gasteiger partial charge on any atom is -0.473 e. The fourth-order valence-electron chi connectivity index (χ4n) is 2.51. The molecule has 0 aromatic carbocycles. The van der Waals surface area contributed by atoms with Gasteiger partial charge in [-0.25, -0.2) is 0 Å². The molecule has 1 saturated heterocycles. The van der Waals surface area contributed by atoms with Gasteiger partial charge in [-0.1, -0.05) is 6.92 Å². The number of hydrogen-bond acceptors (Lipinski definition) is 5. The molecule has 5 nitrogen and oxygen atoms in total. The highest BCUT2D eigenvalue weighted by Crippen LogP contribution is 2.22. The van der Waals surface area contributed by atoms with Crippen LogP contribution in [-0.2, 0) is 11.3 Å². The summed E-state index contributed by atoms with van der Waals surface area (Å²) in [7, 11) is 0. The van der Waals surface area contributed by atoms with Crippen molar-refractivity contribution in [3.8, 4) is 5.88 Å². The van der Waals surface area contributed by atoms with E-state index in [1.165, 1.54) is 0 Å². The van der Waals surface area contributed by atoms with Gasteiger partial charge < -0.3 is 14.8 Å². The van der Waals surface area contributed by atoms with E-state index in [0.717, 1.165) is 38.0 Å². The standard InChI is InChI=1S/C15H25N3O2/c1-4-7-16-10-13-5-6-15(18-17-13)20-14-8-11(2)19-12(3)9-14/h5-6,11-12,14,16H,4,7-10H2,1-3H3. The lowest BCUT2D eigenvalue weighted by atomic mass is 10.0. The molecule has 2 heterocycles. The molecule has 1 aromatic heterocycles. The van der Waals surface area contributed by atoms with Gasteiger partial charge >= 0.3 is 0 Å². The maximum Gasteiger partial charge on any atom is 0.233 e. The minimum absolute atomic E-state index is 0.173. The van der Waals surface area contributed by atoms with Crippen molar-refractivity contribution < 1.29 is 9.47 Å². The van der Waals surface area contributed by atoms with Crippen LogP contribution in [0.2, 0.25) is 0 Å². The summed E-state index contributed by atoms with van der Waals surface area (Å²) in [5, 5.41) is 11.6. The Morgan fingerprint density at radius 1 is 1.25 bits per heavy atom. The number of rotatable bonds is 6. The number of nitrogens with zero attached hydrogens (tertiary/aromatic N) is 2. The summed E-state index contributed by atoms with van der Waals surface area (Å²) in [5.74, 6) is 0.607. The van der Waals surface area contributed by atoms with Gasteiger partial charge in [0.2, 0.25) is 5.88 Å². The smallest absolute Gasteiger partial charge is 0.233 e. The zero-order chi connectivity index (χ0) is 14.4. The zero-order valence-electron chi connectivity index (χ0n) is 12.6. The number of nitrogens with one attached hydrogen (secondary N) is 1. The highest BCUT2D eigenvalue weighted by Gasteiger charge is 2.26. The summed E-state index contributed by atoms with van der Waals surface area (Å²) in [6.07, 6.45) is 3.60. The average Bonchev–Trinajstić information content (AvgIpc) is 2.40. The Labute approximate surface area is 121 Å². The van der Waals surface area contributed by atoms with Gasteiger partial charge in [-0.05, 0) is 32.9 Å². The van der Waals surface area contributed by atoms with Gasteiger partial charge in [0.1, 0.15) is 6.10 Å². The molecule has 1 aliphatic heterocycles. The molecule has 0 aliphatic carbocycles. The topological polar surface area (TPSA) is 56.3 Å². The lowest BCUT2D eigenvalue weighted by Gasteiger charge is -2.31. The first-order chi connectivity index (χ1) is 9.67. The molecular formula is C15H25N3O2. The number of hydrogen-bond donors (Lipinski definition) is 1. The molecule has 112 valence electrons. The molecule has 5 heteroatoms. The van der Waals surface area contributed by atoms with Crippen LogP contribution in [0.1, 0.15) is 45.7 Å². The molecule has 1 aromatic rings. The van der Waals surface area contributed by atoms with Crippen LogP contribution in [0.25, 0.3) is 0 Å². The Morgan fingerprint density at radius 3 is 2.60 bits per heavy atom. The van der Waals surface area contributed by atoms with Crippen molar-refractivity contribution in [2.75, 3.05) is 6.54 Å². The zero-order valence-corrected chi connectivity index (χ0v) is 12.6. The predicted octanol–water partition coefficient (Wildman–Crippen LogP) is 2.31. The van der Waals surface area contributed by atoms with Crippen molar-refractivity contribution in [3.05, 3.63) is 17.8 Å². The predicted molar refractivity (Wildman–Crippen MR) is 77.7 cm³/mol. The van der Waals surface area contributed by atoms with Gasteiger partial charge in [-0.3, -0.25) is 0 Å². The molecule has 2 rings (SSSR count). The lowest BCUT2D eigenvalue weighted by molar-refractivity contribution is -0.0731. The average molecular weight is 279 g/mol. The van der Waals surface area contributed by atoms with Crippen molar-refractivity contribution >= 4 is 0 Å². The second-order valence-electron chi connectivity index (χ2n) is 5.51. The molecule has 2 atom stereocenters. The van der Waals surface area contributed by atoms with Gasteiger partial charge in [0.25, 0.3) is 0 Å². The Balaban J connectivity index is 1.83. The first-order valence-corrected chi connectivity index (χ1v) is 7.52. The van der Waals surface area contributed by atoms with E-state index in [1.807, 2.05) is 12.1 Å². The molecule has 0 radical (unpaired) electrons. The molecule has 2 unspecified atom stereocenters. The van der Waals surface area contributed by atoms with Crippen LogP contribution in [-0.4, -0.2) is 35.1 Å². The monoisotopic (exact) mass is 279 g/mol. The third kappa shape index (κ3) is 4.72. The molecule has 0 saturated carbocycles. The fourth-order valence-corrected chi connectivity index (χ4v) is 2.51. The summed E-state index contributed by atoms with van der Waals surface area (Å²) in [5.41, 5.74) is 0.944. The summed E-state index contributed by atoms with van der Waals surface area (Å²) in [4.78, 5) is 0. The summed E-state index contributed by atoms with van der Waals surface area (Å²) in [6.45, 7) is 8.07. The summed E-state index contributed by atoms with van der Waals surface area (Å²) in [6, 6.07) is 3.87. The Bertz CT molecular complexity index is 387. The first-order valence-electron chi connectivity index (χ1n) is 7.52. The van der Waals surface area contributed by atoms with E-state index in [2.05, 4.69) is 36.3 Å². The third-order valence-electron chi connectivity index (χ3n) is 3.37. The van der Waals surface area contributed by atoms with Crippen LogP contribution in [0, 0.1) is 0 Å². The van der Waals surface area contributed by atoms with Gasteiger partial charge in [0.05, 0.1) is 17.9 Å². The van der Waals surface area contributed by atoms with Crippen LogP contribution in [0.3, 0.4) is 0 Å². The van der Waals surface area contributed by atoms with Crippen molar-refractivity contribution in [2.45, 2.75) is 64.9 Å². The van der Waals surface area contributed by atoms with E-state index in [0.29, 0.717) is 5.88 Å². The Kier molecular flexibility index (Phi) is 5.73. The summed E-state index contributed by atoms with van der Waals surface area (Å²) >= 11 is 0. The van der Waals surface area contributed by atoms with Crippen LogP contribution >= 0.6 is 0 Å². The molecule has 1 N–H and O–H groups in total. The van der Waals surface area contributed by atoms with Crippen LogP contribution in [0.15, 0.2) is 12.1 Å². The van der Waals surface area contributed by atoms with E-state index in [9.17, 15) is 0 Å². The van der Waals surface area contributed by atoms with E-state index >= 15 is 0 Å². The number of aromatic nitrogens is 2. The highest BCUT2D eigenvalue weighted by molar-refractivity contribution is 5.12. The minimum atomic E-state index is 0.173. The third-order valence-corrected chi connectivity index (χ3v) is 3.37. The quantitative estimate of drug-likeness (QED) is 0.810. The van der Waals surface area contributed by atoms with Crippen LogP contribution in [0.5, 0.6) is 5.88 Å². The van der Waals surface area contributed by atoms with Gasteiger partial charge in [0, 0.05) is 25.5 Å². The lowest BCUT2D eigenvalue weighted by Crippen LogP contribution is -2.35. The van der Waals surface area contributed by atoms with E-state index < -0.39 is 0 Å². The van der Waals surface area contributed by atoms with Crippen LogP contribution < -0.4 is 10.1 Å². The first kappa shape index (κ1) is 15.2. The van der Waals surface area contributed by atoms with E-state index in [1.54, 1.807) is 0 Å². The van der Waals surface area contributed by atoms with Crippen molar-refractivity contribution in [3.63, 3.8) is 0 Å². The van der Waals surface area contributed by atoms with E-state index in [4.69, 9.17) is 9.47 Å². The molecule has 0 amide bonds. The fraction of sp³-hybridized carbons (Fsp3) is 0.733. The molecular weight excluding hydrogens is 254 g/mol. The normalized spacial score (nSPS) is 26.4. The molecule has 0 spiro atoms. The molecule has 20 heavy (non-hydrogen) atoms. The second-order valence-corrected chi connectivity index (χ2v) is 5.51. The SMILES string of the molecule is CCCNCc1ccc(OC2CC(C)OC(C)C2)nn1. The van der Waals surface area contributed by atoms with Gasteiger partial charge in [0.15, 0.2) is 0 Å². The maximum atomic E-state index is 5.90. The second kappa shape index (κ2) is 7.55. The summed E-state index contributed by atoms with van der Waals surface area (Å²) < 4.78 is 11.6. The Morgan fingerprint density at radius 2 is 2.00 bits per heavy atom. The van der Waals surface area contributed by atoms with Crippen LogP contribution in [0.4, 0.5) is 0 Å². The van der Waals surface area contributed by atoms with Crippen molar-refractivity contribution in [1.29, 1.82) is 0 Å². The Hall–Kier alpha value is -1.20. The number of ether oxygens (including phenoxy) is 2. The van der Waals surface area contributed by atoms with Gasteiger partial charge in [-0.2, -0.15) is 5.10 Å². The largest absolute Gasteiger partial charge is 0.473 e. The van der Waals surface area contributed by atoms with Crippen molar-refractivity contribution in [2.24, 2.45) is 0 Å². The highest BCUT2D eigenvalue weighted by atomic mass is 16.5. The van der Waals surface area contributed by atoms with Gasteiger partial charge in [-0.15, -0.1) is 5.10 Å². The van der Waals surface area contributed by atoms with Crippen molar-refractivity contribution in [1.82, 2.24) is 15.5 Å².